The first-order valence-electron chi connectivity index (χ1n) is 11.8. The van der Waals surface area contributed by atoms with Crippen molar-refractivity contribution in [3.8, 4) is 28.6 Å². The number of hydrogen-bond acceptors (Lipinski definition) is 6. The van der Waals surface area contributed by atoms with Crippen molar-refractivity contribution < 1.29 is 18.8 Å². The van der Waals surface area contributed by atoms with E-state index in [4.69, 9.17) is 9.26 Å². The summed E-state index contributed by atoms with van der Waals surface area (Å²) in [5.41, 5.74) is 2.02. The Morgan fingerprint density at radius 2 is 1.85 bits per heavy atom. The summed E-state index contributed by atoms with van der Waals surface area (Å²) in [6.07, 6.45) is 5.87. The quantitative estimate of drug-likeness (QED) is 0.580. The van der Waals surface area contributed by atoms with Crippen LogP contribution >= 0.6 is 0 Å². The summed E-state index contributed by atoms with van der Waals surface area (Å²) in [7, 11) is 1.61. The first-order valence-corrected chi connectivity index (χ1v) is 11.8. The summed E-state index contributed by atoms with van der Waals surface area (Å²) in [6, 6.07) is 15.0. The number of hydrogen-bond donors (Lipinski definition) is 1. The van der Waals surface area contributed by atoms with Crippen LogP contribution in [0.15, 0.2) is 53.1 Å². The molecule has 0 unspecified atom stereocenters. The van der Waals surface area contributed by atoms with Gasteiger partial charge in [-0.05, 0) is 49.2 Å². The highest BCUT2D eigenvalue weighted by molar-refractivity contribution is 5.99. The summed E-state index contributed by atoms with van der Waals surface area (Å²) < 4.78 is 10.7. The SMILES string of the molecule is COc1ccc(-c2noc(-c3ccccc3NC(=O)[C@H]3CC(=O)N(C4CCCCC4)C3)n2)cc1. The molecule has 2 fully saturated rings. The smallest absolute Gasteiger partial charge is 0.260 e. The molecule has 2 aliphatic rings. The van der Waals surface area contributed by atoms with Gasteiger partial charge in [0.05, 0.1) is 24.3 Å². The number of nitrogens with one attached hydrogen (secondary N) is 1. The van der Waals surface area contributed by atoms with Crippen molar-refractivity contribution in [1.29, 1.82) is 0 Å². The minimum absolute atomic E-state index is 0.0846. The fourth-order valence-corrected chi connectivity index (χ4v) is 4.86. The number of methoxy groups -OCH3 is 1. The second-order valence-corrected chi connectivity index (χ2v) is 8.93. The van der Waals surface area contributed by atoms with E-state index < -0.39 is 0 Å². The number of ether oxygens (including phenoxy) is 1. The Kier molecular flexibility index (Phi) is 6.29. The van der Waals surface area contributed by atoms with Gasteiger partial charge in [0, 0.05) is 24.6 Å². The van der Waals surface area contributed by atoms with Gasteiger partial charge in [0.1, 0.15) is 5.75 Å². The third-order valence-electron chi connectivity index (χ3n) is 6.73. The number of anilines is 1. The van der Waals surface area contributed by atoms with Crippen LogP contribution in [0.1, 0.15) is 38.5 Å². The normalized spacial score (nSPS) is 18.8. The molecule has 8 heteroatoms. The predicted molar refractivity (Wildman–Crippen MR) is 127 cm³/mol. The topological polar surface area (TPSA) is 97.6 Å². The Morgan fingerprint density at radius 3 is 2.62 bits per heavy atom. The van der Waals surface area contributed by atoms with E-state index in [9.17, 15) is 9.59 Å². The third kappa shape index (κ3) is 4.53. The molecular formula is C26H28N4O4. The zero-order chi connectivity index (χ0) is 23.5. The summed E-state index contributed by atoms with van der Waals surface area (Å²) in [5, 5.41) is 7.09. The molecule has 5 rings (SSSR count). The van der Waals surface area contributed by atoms with E-state index in [0.29, 0.717) is 29.5 Å². The van der Waals surface area contributed by atoms with Crippen LogP contribution in [0.3, 0.4) is 0 Å². The molecule has 1 aliphatic heterocycles. The van der Waals surface area contributed by atoms with Crippen molar-refractivity contribution in [2.75, 3.05) is 19.0 Å². The van der Waals surface area contributed by atoms with Crippen molar-refractivity contribution in [2.24, 2.45) is 5.92 Å². The lowest BCUT2D eigenvalue weighted by atomic mass is 9.94. The van der Waals surface area contributed by atoms with Crippen molar-refractivity contribution in [3.05, 3.63) is 48.5 Å². The van der Waals surface area contributed by atoms with Gasteiger partial charge < -0.3 is 19.5 Å². The number of aromatic nitrogens is 2. The molecule has 1 N–H and O–H groups in total. The second-order valence-electron chi connectivity index (χ2n) is 8.93. The molecule has 1 atom stereocenters. The molecule has 2 amide bonds. The predicted octanol–water partition coefficient (Wildman–Crippen LogP) is 4.53. The third-order valence-corrected chi connectivity index (χ3v) is 6.73. The Bertz CT molecular complexity index is 1170. The minimum atomic E-state index is -0.361. The summed E-state index contributed by atoms with van der Waals surface area (Å²) in [4.78, 5) is 32.2. The van der Waals surface area contributed by atoms with E-state index in [0.717, 1.165) is 37.0 Å². The summed E-state index contributed by atoms with van der Waals surface area (Å²) >= 11 is 0. The Hall–Kier alpha value is -3.68. The van der Waals surface area contributed by atoms with Crippen LogP contribution in [0.4, 0.5) is 5.69 Å². The number of benzene rings is 2. The van der Waals surface area contributed by atoms with Crippen LogP contribution in [-0.4, -0.2) is 46.6 Å². The number of amides is 2. The Labute approximate surface area is 198 Å². The average Bonchev–Trinajstić information content (AvgIpc) is 3.52. The molecule has 1 saturated carbocycles. The van der Waals surface area contributed by atoms with Crippen LogP contribution < -0.4 is 10.1 Å². The van der Waals surface area contributed by atoms with Gasteiger partial charge in [-0.2, -0.15) is 4.98 Å². The van der Waals surface area contributed by atoms with Gasteiger partial charge in [0.25, 0.3) is 5.89 Å². The maximum absolute atomic E-state index is 13.1. The highest BCUT2D eigenvalue weighted by Crippen LogP contribution is 2.32. The van der Waals surface area contributed by atoms with E-state index in [2.05, 4.69) is 15.5 Å². The molecule has 34 heavy (non-hydrogen) atoms. The molecule has 8 nitrogen and oxygen atoms in total. The van der Waals surface area contributed by atoms with Crippen molar-refractivity contribution in [3.63, 3.8) is 0 Å². The van der Waals surface area contributed by atoms with E-state index in [1.807, 2.05) is 47.4 Å². The monoisotopic (exact) mass is 460 g/mol. The second kappa shape index (κ2) is 9.67. The Balaban J connectivity index is 1.30. The maximum atomic E-state index is 13.1. The summed E-state index contributed by atoms with van der Waals surface area (Å²) in [5.74, 6) is 1.07. The molecule has 2 aromatic carbocycles. The first kappa shape index (κ1) is 22.1. The van der Waals surface area contributed by atoms with Crippen LogP contribution in [0.5, 0.6) is 5.75 Å². The zero-order valence-electron chi connectivity index (χ0n) is 19.2. The van der Waals surface area contributed by atoms with Gasteiger partial charge in [-0.15, -0.1) is 0 Å². The highest BCUT2D eigenvalue weighted by atomic mass is 16.5. The number of nitrogens with zero attached hydrogens (tertiary/aromatic N) is 3. The molecule has 1 aliphatic carbocycles. The maximum Gasteiger partial charge on any atom is 0.260 e. The number of carbonyl (C=O) groups is 2. The van der Waals surface area contributed by atoms with Crippen LogP contribution in [0.2, 0.25) is 0 Å². The largest absolute Gasteiger partial charge is 0.497 e. The van der Waals surface area contributed by atoms with Gasteiger partial charge in [0.2, 0.25) is 17.6 Å². The number of carbonyl (C=O) groups excluding carboxylic acids is 2. The molecular weight excluding hydrogens is 432 g/mol. The van der Waals surface area contributed by atoms with E-state index in [1.165, 1.54) is 6.42 Å². The molecule has 1 saturated heterocycles. The highest BCUT2D eigenvalue weighted by Gasteiger charge is 2.38. The van der Waals surface area contributed by atoms with Gasteiger partial charge in [-0.25, -0.2) is 0 Å². The number of rotatable bonds is 6. The van der Waals surface area contributed by atoms with Gasteiger partial charge >= 0.3 is 0 Å². The molecule has 0 radical (unpaired) electrons. The van der Waals surface area contributed by atoms with Crippen LogP contribution in [0.25, 0.3) is 22.8 Å². The van der Waals surface area contributed by atoms with E-state index in [1.54, 1.807) is 13.2 Å². The number of likely N-dealkylation sites (tertiary alicyclic amines) is 1. The van der Waals surface area contributed by atoms with Gasteiger partial charge in [-0.1, -0.05) is 36.6 Å². The first-order chi connectivity index (χ1) is 16.6. The molecule has 0 spiro atoms. The molecule has 3 aromatic rings. The fourth-order valence-electron chi connectivity index (χ4n) is 4.86. The molecule has 2 heterocycles. The lowest BCUT2D eigenvalue weighted by Crippen LogP contribution is -2.38. The van der Waals surface area contributed by atoms with Gasteiger partial charge in [0.15, 0.2) is 0 Å². The molecule has 0 bridgehead atoms. The van der Waals surface area contributed by atoms with Gasteiger partial charge in [-0.3, -0.25) is 9.59 Å². The van der Waals surface area contributed by atoms with Crippen molar-refractivity contribution in [1.82, 2.24) is 15.0 Å². The minimum Gasteiger partial charge on any atom is -0.497 e. The fraction of sp³-hybridized carbons (Fsp3) is 0.385. The standard InChI is InChI=1S/C26H28N4O4/c1-33-20-13-11-17(12-14-20)24-28-26(34-29-24)21-9-5-6-10-22(21)27-25(32)18-15-23(31)30(16-18)19-7-3-2-4-8-19/h5-6,9-14,18-19H,2-4,7-8,15-16H2,1H3,(H,27,32)/t18-/m0/s1. The van der Waals surface area contributed by atoms with Crippen LogP contribution in [0, 0.1) is 5.92 Å². The summed E-state index contributed by atoms with van der Waals surface area (Å²) in [6.45, 7) is 0.486. The van der Waals surface area contributed by atoms with E-state index in [-0.39, 0.29) is 30.2 Å². The van der Waals surface area contributed by atoms with Crippen molar-refractivity contribution in [2.45, 2.75) is 44.6 Å². The van der Waals surface area contributed by atoms with Crippen LogP contribution in [-0.2, 0) is 9.59 Å². The van der Waals surface area contributed by atoms with Crippen molar-refractivity contribution >= 4 is 17.5 Å². The lowest BCUT2D eigenvalue weighted by molar-refractivity contribution is -0.130. The molecule has 1 aromatic heterocycles. The average molecular weight is 461 g/mol. The number of para-hydroxylation sites is 1. The lowest BCUT2D eigenvalue weighted by Gasteiger charge is -2.31. The molecule has 176 valence electrons. The zero-order valence-corrected chi connectivity index (χ0v) is 19.2. The Morgan fingerprint density at radius 1 is 1.09 bits per heavy atom. The van der Waals surface area contributed by atoms with E-state index >= 15 is 0 Å².